The number of fused-ring (bicyclic) bond motifs is 1. The van der Waals surface area contributed by atoms with Crippen molar-refractivity contribution in [3.63, 3.8) is 0 Å². The van der Waals surface area contributed by atoms with Crippen LogP contribution < -0.4 is 15.7 Å². The molecule has 1 aromatic heterocycles. The third-order valence-corrected chi connectivity index (χ3v) is 5.55. The lowest BCUT2D eigenvalue weighted by atomic mass is 9.78. The van der Waals surface area contributed by atoms with Gasteiger partial charge < -0.3 is 19.2 Å². The fourth-order valence-electron chi connectivity index (χ4n) is 3.66. The molecule has 2 aromatic rings. The zero-order valence-corrected chi connectivity index (χ0v) is 16.3. The van der Waals surface area contributed by atoms with Crippen LogP contribution in [-0.4, -0.2) is 31.6 Å². The average molecular weight is 387 g/mol. The molecular weight excluding hydrogens is 362 g/mol. The van der Waals surface area contributed by atoms with Gasteiger partial charge >= 0.3 is 11.6 Å². The summed E-state index contributed by atoms with van der Waals surface area (Å²) in [7, 11) is 1.46. The van der Waals surface area contributed by atoms with E-state index < -0.39 is 18.2 Å². The van der Waals surface area contributed by atoms with Crippen molar-refractivity contribution in [3.8, 4) is 5.75 Å². The smallest absolute Gasteiger partial charge is 0.351 e. The maximum absolute atomic E-state index is 12.3. The number of nitrogens with one attached hydrogen (secondary N) is 1. The second-order valence-corrected chi connectivity index (χ2v) is 7.34. The number of ether oxygens (including phenoxy) is 2. The molecule has 0 aliphatic heterocycles. The van der Waals surface area contributed by atoms with Gasteiger partial charge in [-0.15, -0.1) is 0 Å². The van der Waals surface area contributed by atoms with E-state index in [2.05, 4.69) is 19.2 Å². The molecule has 150 valence electrons. The molecule has 0 bridgehead atoms. The molecule has 1 aromatic carbocycles. The summed E-state index contributed by atoms with van der Waals surface area (Å²) in [6.07, 6.45) is 3.14. The van der Waals surface area contributed by atoms with Crippen molar-refractivity contribution in [1.29, 1.82) is 0 Å². The predicted octanol–water partition coefficient (Wildman–Crippen LogP) is 2.90. The van der Waals surface area contributed by atoms with Gasteiger partial charge in [-0.2, -0.15) is 0 Å². The molecule has 1 heterocycles. The summed E-state index contributed by atoms with van der Waals surface area (Å²) in [6.45, 7) is 3.86. The minimum Gasteiger partial charge on any atom is -0.493 e. The number of methoxy groups -OCH3 is 1. The first-order chi connectivity index (χ1) is 13.4. The quantitative estimate of drug-likeness (QED) is 0.626. The molecule has 0 spiro atoms. The van der Waals surface area contributed by atoms with Crippen LogP contribution in [0.3, 0.4) is 0 Å². The molecular formula is C21H25NO6. The Balaban J connectivity index is 1.65. The number of para-hydroxylation sites is 1. The Morgan fingerprint density at radius 1 is 1.25 bits per heavy atom. The Morgan fingerprint density at radius 3 is 2.79 bits per heavy atom. The monoisotopic (exact) mass is 387 g/mol. The summed E-state index contributed by atoms with van der Waals surface area (Å²) in [5.41, 5.74) is -0.838. The molecule has 0 saturated heterocycles. The highest BCUT2D eigenvalue weighted by atomic mass is 16.5. The van der Waals surface area contributed by atoms with Gasteiger partial charge in [0.15, 0.2) is 17.9 Å². The molecule has 1 aliphatic rings. The highest BCUT2D eigenvalue weighted by molar-refractivity contribution is 5.95. The van der Waals surface area contributed by atoms with Gasteiger partial charge in [-0.25, -0.2) is 9.59 Å². The van der Waals surface area contributed by atoms with Crippen LogP contribution in [-0.2, 0) is 9.53 Å². The Bertz CT molecular complexity index is 934. The first-order valence-corrected chi connectivity index (χ1v) is 9.48. The van der Waals surface area contributed by atoms with Crippen molar-refractivity contribution in [3.05, 3.63) is 40.2 Å². The molecule has 28 heavy (non-hydrogen) atoms. The summed E-state index contributed by atoms with van der Waals surface area (Å²) in [5, 5.41) is 3.46. The summed E-state index contributed by atoms with van der Waals surface area (Å²) in [6, 6.07) is 6.52. The van der Waals surface area contributed by atoms with Gasteiger partial charge in [-0.3, -0.25) is 4.79 Å². The Morgan fingerprint density at radius 2 is 2.04 bits per heavy atom. The number of rotatable bonds is 5. The molecule has 7 heteroatoms. The fraction of sp³-hybridized carbons (Fsp3) is 0.476. The molecule has 0 radical (unpaired) electrons. The topological polar surface area (TPSA) is 94.8 Å². The lowest BCUT2D eigenvalue weighted by Gasteiger charge is -2.34. The van der Waals surface area contributed by atoms with Crippen LogP contribution in [0.2, 0.25) is 0 Å². The van der Waals surface area contributed by atoms with E-state index in [4.69, 9.17) is 13.9 Å². The van der Waals surface area contributed by atoms with E-state index in [-0.39, 0.29) is 23.1 Å². The molecule has 3 atom stereocenters. The van der Waals surface area contributed by atoms with Gasteiger partial charge in [0.2, 0.25) is 0 Å². The van der Waals surface area contributed by atoms with E-state index in [0.29, 0.717) is 23.0 Å². The number of carbonyl (C=O) groups is 2. The molecule has 1 fully saturated rings. The molecule has 0 unspecified atom stereocenters. The third-order valence-electron chi connectivity index (χ3n) is 5.55. The first kappa shape index (κ1) is 19.9. The van der Waals surface area contributed by atoms with E-state index >= 15 is 0 Å². The van der Waals surface area contributed by atoms with Crippen LogP contribution in [0.5, 0.6) is 5.75 Å². The number of esters is 1. The van der Waals surface area contributed by atoms with Crippen LogP contribution in [0.4, 0.5) is 0 Å². The minimum atomic E-state index is -0.890. The number of amides is 1. The molecule has 1 aliphatic carbocycles. The van der Waals surface area contributed by atoms with E-state index in [9.17, 15) is 14.4 Å². The fourth-order valence-corrected chi connectivity index (χ4v) is 3.66. The van der Waals surface area contributed by atoms with Crippen LogP contribution in [0.1, 0.15) is 43.5 Å². The number of carbonyl (C=O) groups excluding carboxylic acids is 2. The Hall–Kier alpha value is -2.83. The minimum absolute atomic E-state index is 0.0770. The molecule has 1 saturated carbocycles. The van der Waals surface area contributed by atoms with Crippen molar-refractivity contribution in [2.45, 2.75) is 39.2 Å². The van der Waals surface area contributed by atoms with E-state index in [1.165, 1.54) is 13.2 Å². The summed E-state index contributed by atoms with van der Waals surface area (Å²) in [5.74, 6) is 0.0475. The summed E-state index contributed by atoms with van der Waals surface area (Å²) < 4.78 is 15.4. The average Bonchev–Trinajstić information content (AvgIpc) is 2.68. The molecule has 1 amide bonds. The van der Waals surface area contributed by atoms with Gasteiger partial charge in [-0.05, 0) is 30.4 Å². The van der Waals surface area contributed by atoms with Gasteiger partial charge in [-0.1, -0.05) is 38.8 Å². The maximum atomic E-state index is 12.3. The highest BCUT2D eigenvalue weighted by Gasteiger charge is 2.28. The number of hydrogen-bond acceptors (Lipinski definition) is 6. The Labute approximate surface area is 163 Å². The Kier molecular flexibility index (Phi) is 6.02. The summed E-state index contributed by atoms with van der Waals surface area (Å²) >= 11 is 0. The normalized spacial score (nSPS) is 21.9. The SMILES string of the molecule is COc1cccc2cc(C(=O)OCC(=O)N[C@H]3CCC[C@H](C)[C@@H]3C)c(=O)oc12. The molecule has 3 rings (SSSR count). The van der Waals surface area contributed by atoms with Crippen molar-refractivity contribution in [2.75, 3.05) is 13.7 Å². The molecule has 1 N–H and O–H groups in total. The predicted molar refractivity (Wildman–Crippen MR) is 103 cm³/mol. The highest BCUT2D eigenvalue weighted by Crippen LogP contribution is 2.29. The zero-order valence-electron chi connectivity index (χ0n) is 16.3. The summed E-state index contributed by atoms with van der Waals surface area (Å²) in [4.78, 5) is 36.6. The standard InChI is InChI=1S/C21H25NO6/c1-12-6-4-8-16(13(12)2)22-18(23)11-27-20(24)15-10-14-7-5-9-17(26-3)19(14)28-21(15)25/h5,7,9-10,12-13,16H,4,6,8,11H2,1-3H3,(H,22,23)/t12-,13-,16-/m0/s1. The van der Waals surface area contributed by atoms with E-state index in [1.54, 1.807) is 18.2 Å². The lowest BCUT2D eigenvalue weighted by molar-refractivity contribution is -0.125. The van der Waals surface area contributed by atoms with Gasteiger partial charge in [0.05, 0.1) is 7.11 Å². The van der Waals surface area contributed by atoms with Crippen molar-refractivity contribution in [1.82, 2.24) is 5.32 Å². The van der Waals surface area contributed by atoms with Crippen molar-refractivity contribution < 1.29 is 23.5 Å². The second kappa shape index (κ2) is 8.46. The van der Waals surface area contributed by atoms with Crippen LogP contribution in [0.25, 0.3) is 11.0 Å². The zero-order chi connectivity index (χ0) is 20.3. The van der Waals surface area contributed by atoms with Crippen LogP contribution in [0, 0.1) is 11.8 Å². The van der Waals surface area contributed by atoms with Gasteiger partial charge in [0.1, 0.15) is 5.56 Å². The van der Waals surface area contributed by atoms with Gasteiger partial charge in [0.25, 0.3) is 5.91 Å². The third kappa shape index (κ3) is 4.18. The number of benzene rings is 1. The van der Waals surface area contributed by atoms with Crippen molar-refractivity contribution >= 4 is 22.8 Å². The van der Waals surface area contributed by atoms with E-state index in [1.807, 2.05) is 0 Å². The van der Waals surface area contributed by atoms with Crippen molar-refractivity contribution in [2.24, 2.45) is 11.8 Å². The van der Waals surface area contributed by atoms with Crippen LogP contribution >= 0.6 is 0 Å². The lowest BCUT2D eigenvalue weighted by Crippen LogP contribution is -2.45. The van der Waals surface area contributed by atoms with E-state index in [0.717, 1.165) is 19.3 Å². The largest absolute Gasteiger partial charge is 0.493 e. The first-order valence-electron chi connectivity index (χ1n) is 9.48. The maximum Gasteiger partial charge on any atom is 0.351 e. The van der Waals surface area contributed by atoms with Gasteiger partial charge in [0, 0.05) is 11.4 Å². The second-order valence-electron chi connectivity index (χ2n) is 7.34. The number of hydrogen-bond donors (Lipinski definition) is 1. The van der Waals surface area contributed by atoms with Crippen LogP contribution in [0.15, 0.2) is 33.5 Å². The molecule has 7 nitrogen and oxygen atoms in total.